The van der Waals surface area contributed by atoms with E-state index >= 15 is 0 Å². The van der Waals surface area contributed by atoms with Crippen LogP contribution in [0.4, 0.5) is 0 Å². The number of rotatable bonds is 6. The third-order valence-corrected chi connectivity index (χ3v) is 11.0. The van der Waals surface area contributed by atoms with Gasteiger partial charge in [-0.05, 0) is 47.7 Å². The SMILES string of the molecule is I.[Cl][Cu][Cl].[Pd].c1ccc(P(c2ccccc2)c2ccccc2)cc1.c1ccc(P(c2ccccc2)c2ccccc2)cc1. The van der Waals surface area contributed by atoms with Crippen molar-refractivity contribution < 1.29 is 33.6 Å². The average molecular weight is 893 g/mol. The summed E-state index contributed by atoms with van der Waals surface area (Å²) in [6.07, 6.45) is 0. The molecule has 0 atom stereocenters. The largest absolute Gasteiger partial charge is 0.0622 e. The van der Waals surface area contributed by atoms with E-state index in [0.29, 0.717) is 0 Å². The predicted octanol–water partition coefficient (Wildman–Crippen LogP) is 8.88. The molecular weight excluding hydrogens is 862 g/mol. The molecule has 0 amide bonds. The fraction of sp³-hybridized carbons (Fsp3) is 0. The van der Waals surface area contributed by atoms with E-state index in [2.05, 4.69) is 202 Å². The van der Waals surface area contributed by atoms with E-state index in [1.807, 2.05) is 0 Å². The summed E-state index contributed by atoms with van der Waals surface area (Å²) in [4.78, 5) is 0. The third kappa shape index (κ3) is 12.2. The molecular formula is C36H31Cl2CuIP2Pd. The molecule has 0 heterocycles. The van der Waals surface area contributed by atoms with Crippen LogP contribution < -0.4 is 31.8 Å². The minimum atomic E-state index is -0.446. The molecule has 0 spiro atoms. The molecule has 6 aromatic carbocycles. The van der Waals surface area contributed by atoms with Gasteiger partial charge < -0.3 is 0 Å². The molecule has 0 nitrogen and oxygen atoms in total. The van der Waals surface area contributed by atoms with Gasteiger partial charge in [-0.25, -0.2) is 0 Å². The molecule has 0 unspecified atom stereocenters. The van der Waals surface area contributed by atoms with Gasteiger partial charge in [0.05, 0.1) is 0 Å². The van der Waals surface area contributed by atoms with Crippen molar-refractivity contribution in [2.24, 2.45) is 0 Å². The van der Waals surface area contributed by atoms with Gasteiger partial charge in [0, 0.05) is 20.4 Å². The summed E-state index contributed by atoms with van der Waals surface area (Å²) in [5.74, 6) is 0. The van der Waals surface area contributed by atoms with E-state index < -0.39 is 15.8 Å². The maximum absolute atomic E-state index is 4.67. The first kappa shape index (κ1) is 37.9. The number of halogens is 3. The van der Waals surface area contributed by atoms with Crippen molar-refractivity contribution in [1.82, 2.24) is 0 Å². The van der Waals surface area contributed by atoms with E-state index in [4.69, 9.17) is 0 Å². The minimum Gasteiger partial charge on any atom is -0.0622 e. The van der Waals surface area contributed by atoms with Crippen molar-refractivity contribution >= 4 is 91.8 Å². The standard InChI is InChI=1S/2C18H15P.2ClH.Cu.HI.Pd/c2*1-4-10-16(11-5-1)19(17-12-6-2-7-13-17)18-14-8-3-9-15-18;;;;;/h2*1-15H;2*1H;;1H;/q;;;;+2;;/p-2. The topological polar surface area (TPSA) is 0 Å². The van der Waals surface area contributed by atoms with E-state index in [1.165, 1.54) is 31.8 Å². The molecule has 227 valence electrons. The van der Waals surface area contributed by atoms with Gasteiger partial charge in [-0.2, -0.15) is 0 Å². The van der Waals surface area contributed by atoms with Gasteiger partial charge in [0.2, 0.25) is 0 Å². The fourth-order valence-corrected chi connectivity index (χ4v) is 8.97. The first-order valence-electron chi connectivity index (χ1n) is 13.0. The second-order valence-corrected chi connectivity index (χ2v) is 14.7. The smallest absolute Gasteiger partial charge is 0 e. The van der Waals surface area contributed by atoms with Crippen molar-refractivity contribution in [1.29, 1.82) is 0 Å². The summed E-state index contributed by atoms with van der Waals surface area (Å²) in [5.41, 5.74) is 0. The summed E-state index contributed by atoms with van der Waals surface area (Å²) in [5, 5.41) is 8.39. The Balaban J connectivity index is 0.000000264. The molecule has 7 heteroatoms. The predicted molar refractivity (Wildman–Crippen MR) is 197 cm³/mol. The molecule has 0 aromatic heterocycles. The Morgan fingerprint density at radius 2 is 0.419 bits per heavy atom. The zero-order valence-electron chi connectivity index (χ0n) is 23.0. The molecule has 0 saturated carbocycles. The van der Waals surface area contributed by atoms with Crippen LogP contribution in [0.5, 0.6) is 0 Å². The van der Waals surface area contributed by atoms with Crippen LogP contribution in [0.15, 0.2) is 182 Å². The van der Waals surface area contributed by atoms with Crippen LogP contribution >= 0.6 is 60.0 Å². The molecule has 0 fully saturated rings. The monoisotopic (exact) mass is 891 g/mol. The Kier molecular flexibility index (Phi) is 19.6. The average Bonchev–Trinajstić information content (AvgIpc) is 3.05. The van der Waals surface area contributed by atoms with E-state index in [9.17, 15) is 0 Å². The molecule has 0 N–H and O–H groups in total. The summed E-state index contributed by atoms with van der Waals surface area (Å²) in [6, 6.07) is 64.7. The van der Waals surface area contributed by atoms with Crippen molar-refractivity contribution in [3.05, 3.63) is 182 Å². The minimum absolute atomic E-state index is 0. The molecule has 6 rings (SSSR count). The van der Waals surface area contributed by atoms with Gasteiger partial charge in [-0.3, -0.25) is 0 Å². The summed E-state index contributed by atoms with van der Waals surface area (Å²) >= 11 is 0.757. The molecule has 0 bridgehead atoms. The molecule has 43 heavy (non-hydrogen) atoms. The second-order valence-electron chi connectivity index (χ2n) is 8.73. The maximum Gasteiger partial charge on any atom is 0 e. The van der Waals surface area contributed by atoms with Crippen LogP contribution in [0.2, 0.25) is 0 Å². The first-order valence-corrected chi connectivity index (χ1v) is 18.3. The van der Waals surface area contributed by atoms with E-state index in [-0.39, 0.29) is 44.4 Å². The Labute approximate surface area is 304 Å². The van der Waals surface area contributed by atoms with Crippen molar-refractivity contribution in [2.75, 3.05) is 0 Å². The van der Waals surface area contributed by atoms with Crippen LogP contribution in [0, 0.1) is 0 Å². The van der Waals surface area contributed by atoms with Crippen molar-refractivity contribution in [3.8, 4) is 0 Å². The van der Waals surface area contributed by atoms with Gasteiger partial charge in [0.1, 0.15) is 0 Å². The van der Waals surface area contributed by atoms with E-state index in [0.717, 1.165) is 13.1 Å². The third-order valence-electron chi connectivity index (χ3n) is 6.09. The number of benzene rings is 6. The van der Waals surface area contributed by atoms with Gasteiger partial charge in [0.25, 0.3) is 0 Å². The molecule has 6 aromatic rings. The maximum atomic E-state index is 4.67. The molecule has 0 radical (unpaired) electrons. The zero-order valence-corrected chi connectivity index (χ0v) is 31.1. The summed E-state index contributed by atoms with van der Waals surface area (Å²) in [7, 11) is 8.45. The van der Waals surface area contributed by atoms with Gasteiger partial charge in [-0.1, -0.05) is 182 Å². The zero-order chi connectivity index (χ0) is 28.5. The van der Waals surface area contributed by atoms with Crippen LogP contribution in [0.25, 0.3) is 0 Å². The Hall–Kier alpha value is -1.33. The first-order chi connectivity index (χ1) is 20.3. The second kappa shape index (κ2) is 22.2. The number of hydrogen-bond donors (Lipinski definition) is 0. The fourth-order valence-electron chi connectivity index (χ4n) is 4.36. The van der Waals surface area contributed by atoms with Gasteiger partial charge in [0.15, 0.2) is 0 Å². The normalized spacial score (nSPS) is 9.86. The molecule has 0 aliphatic rings. The summed E-state index contributed by atoms with van der Waals surface area (Å²) in [6.45, 7) is 0. The molecule has 0 aliphatic heterocycles. The van der Waals surface area contributed by atoms with Crippen LogP contribution in [-0.4, -0.2) is 0 Å². The Bertz CT molecular complexity index is 1210. The van der Waals surface area contributed by atoms with Crippen LogP contribution in [0.1, 0.15) is 0 Å². The van der Waals surface area contributed by atoms with Crippen molar-refractivity contribution in [2.45, 2.75) is 0 Å². The Morgan fingerprint density at radius 1 is 0.302 bits per heavy atom. The van der Waals surface area contributed by atoms with Crippen molar-refractivity contribution in [3.63, 3.8) is 0 Å². The summed E-state index contributed by atoms with van der Waals surface area (Å²) < 4.78 is 0. The van der Waals surface area contributed by atoms with E-state index in [1.54, 1.807) is 0 Å². The Morgan fingerprint density at radius 3 is 0.535 bits per heavy atom. The van der Waals surface area contributed by atoms with Gasteiger partial charge >= 0.3 is 33.3 Å². The van der Waals surface area contributed by atoms with Gasteiger partial charge in [-0.15, -0.1) is 24.0 Å². The quantitative estimate of drug-likeness (QED) is 0.0892. The molecule has 0 aliphatic carbocycles. The molecule has 0 saturated heterocycles. The number of hydrogen-bond acceptors (Lipinski definition) is 0. The van der Waals surface area contributed by atoms with Crippen LogP contribution in [-0.2, 0) is 33.6 Å². The van der Waals surface area contributed by atoms with Crippen LogP contribution in [0.3, 0.4) is 0 Å².